The van der Waals surface area contributed by atoms with Gasteiger partial charge in [-0.25, -0.2) is 0 Å². The normalized spacial score (nSPS) is 10.1. The summed E-state index contributed by atoms with van der Waals surface area (Å²) in [5.74, 6) is -6.78. The Morgan fingerprint density at radius 1 is 1.05 bits per heavy atom. The molecule has 2 aromatic rings. The molecule has 2 rings (SSSR count). The number of nitrogens with zero attached hydrogens (tertiary/aromatic N) is 2. The highest BCUT2D eigenvalue weighted by Gasteiger charge is 2.20. The average molecular weight is 267 g/mol. The zero-order valence-electron chi connectivity index (χ0n) is 9.22. The minimum atomic E-state index is -1.75. The molecular formula is C12H5F4N3. The van der Waals surface area contributed by atoms with Gasteiger partial charge >= 0.3 is 0 Å². The first-order valence-corrected chi connectivity index (χ1v) is 5.00. The quantitative estimate of drug-likeness (QED) is 0.671. The Morgan fingerprint density at radius 3 is 2.26 bits per heavy atom. The maximum Gasteiger partial charge on any atom is 0.253 e. The van der Waals surface area contributed by atoms with Crippen LogP contribution in [0.2, 0.25) is 0 Å². The molecular weight excluding hydrogens is 262 g/mol. The molecule has 3 nitrogen and oxygen atoms in total. The first kappa shape index (κ1) is 12.8. The Morgan fingerprint density at radius 2 is 1.68 bits per heavy atom. The molecule has 0 atom stereocenters. The third-order valence-corrected chi connectivity index (χ3v) is 2.26. The van der Waals surface area contributed by atoms with Gasteiger partial charge in [0.15, 0.2) is 0 Å². The summed E-state index contributed by atoms with van der Waals surface area (Å²) < 4.78 is 52.4. The van der Waals surface area contributed by atoms with Gasteiger partial charge in [-0.2, -0.15) is 27.8 Å². The number of nitriles is 1. The fourth-order valence-electron chi connectivity index (χ4n) is 1.41. The number of rotatable bonds is 2. The van der Waals surface area contributed by atoms with E-state index in [4.69, 9.17) is 5.26 Å². The minimum absolute atomic E-state index is 0.113. The van der Waals surface area contributed by atoms with Crippen LogP contribution in [0.1, 0.15) is 5.56 Å². The van der Waals surface area contributed by atoms with E-state index in [0.29, 0.717) is 0 Å². The highest BCUT2D eigenvalue weighted by Crippen LogP contribution is 2.26. The van der Waals surface area contributed by atoms with Crippen molar-refractivity contribution in [2.45, 2.75) is 0 Å². The lowest BCUT2D eigenvalue weighted by Crippen LogP contribution is -2.06. The van der Waals surface area contributed by atoms with Crippen molar-refractivity contribution in [2.24, 2.45) is 0 Å². The molecule has 0 spiro atoms. The lowest BCUT2D eigenvalue weighted by Gasteiger charge is -2.09. The van der Waals surface area contributed by atoms with E-state index in [0.717, 1.165) is 0 Å². The predicted molar refractivity (Wildman–Crippen MR) is 58.5 cm³/mol. The van der Waals surface area contributed by atoms with Crippen molar-refractivity contribution in [1.29, 1.82) is 5.26 Å². The molecule has 1 aromatic heterocycles. The average Bonchev–Trinajstić information content (AvgIpc) is 2.41. The number of halogens is 4. The summed E-state index contributed by atoms with van der Waals surface area (Å²) >= 11 is 0. The van der Waals surface area contributed by atoms with Gasteiger partial charge in [0.1, 0.15) is 5.69 Å². The van der Waals surface area contributed by atoms with Gasteiger partial charge in [0, 0.05) is 5.69 Å². The van der Waals surface area contributed by atoms with E-state index in [1.165, 1.54) is 24.3 Å². The summed E-state index contributed by atoms with van der Waals surface area (Å²) in [5.41, 5.74) is -0.664. The Balaban J connectivity index is 2.46. The van der Waals surface area contributed by atoms with E-state index in [9.17, 15) is 17.6 Å². The third-order valence-electron chi connectivity index (χ3n) is 2.26. The topological polar surface area (TPSA) is 48.7 Å². The summed E-state index contributed by atoms with van der Waals surface area (Å²) in [7, 11) is 0. The van der Waals surface area contributed by atoms with E-state index >= 15 is 0 Å². The summed E-state index contributed by atoms with van der Waals surface area (Å²) in [6.07, 6.45) is 0. The van der Waals surface area contributed by atoms with Crippen LogP contribution in [-0.4, -0.2) is 4.98 Å². The molecule has 0 bridgehead atoms. The lowest BCUT2D eigenvalue weighted by molar-refractivity contribution is 0.411. The number of benzene rings is 1. The number of aromatic nitrogens is 1. The molecule has 0 radical (unpaired) electrons. The monoisotopic (exact) mass is 267 g/mol. The zero-order chi connectivity index (χ0) is 14.0. The minimum Gasteiger partial charge on any atom is -0.350 e. The van der Waals surface area contributed by atoms with Crippen LogP contribution < -0.4 is 5.32 Å². The van der Waals surface area contributed by atoms with Gasteiger partial charge in [-0.05, 0) is 18.2 Å². The van der Waals surface area contributed by atoms with Crippen molar-refractivity contribution in [3.8, 4) is 6.07 Å². The molecule has 1 N–H and O–H groups in total. The van der Waals surface area contributed by atoms with Gasteiger partial charge in [-0.15, -0.1) is 0 Å². The van der Waals surface area contributed by atoms with Crippen LogP contribution in [-0.2, 0) is 0 Å². The van der Waals surface area contributed by atoms with Crippen molar-refractivity contribution in [3.05, 3.63) is 53.4 Å². The molecule has 0 fully saturated rings. The SMILES string of the molecule is N#Cc1cccc(Nc2c(F)c(F)nc(F)c2F)c1. The van der Waals surface area contributed by atoms with E-state index < -0.39 is 29.2 Å². The highest BCUT2D eigenvalue weighted by molar-refractivity contribution is 5.62. The number of anilines is 2. The molecule has 0 aliphatic heterocycles. The van der Waals surface area contributed by atoms with E-state index in [2.05, 4.69) is 10.3 Å². The molecule has 0 saturated carbocycles. The fourth-order valence-corrected chi connectivity index (χ4v) is 1.41. The fraction of sp³-hybridized carbons (Fsp3) is 0. The van der Waals surface area contributed by atoms with Crippen molar-refractivity contribution in [3.63, 3.8) is 0 Å². The van der Waals surface area contributed by atoms with Crippen LogP contribution in [0.25, 0.3) is 0 Å². The maximum absolute atomic E-state index is 13.3. The molecule has 96 valence electrons. The van der Waals surface area contributed by atoms with Crippen molar-refractivity contribution < 1.29 is 17.6 Å². The van der Waals surface area contributed by atoms with Crippen LogP contribution in [0.15, 0.2) is 24.3 Å². The Bertz CT molecular complexity index is 653. The Hall–Kier alpha value is -2.62. The van der Waals surface area contributed by atoms with Crippen molar-refractivity contribution in [2.75, 3.05) is 5.32 Å². The smallest absolute Gasteiger partial charge is 0.253 e. The summed E-state index contributed by atoms with van der Waals surface area (Å²) in [6.45, 7) is 0. The number of hydrogen-bond donors (Lipinski definition) is 1. The molecule has 1 aromatic carbocycles. The largest absolute Gasteiger partial charge is 0.350 e. The van der Waals surface area contributed by atoms with Crippen molar-refractivity contribution in [1.82, 2.24) is 4.98 Å². The van der Waals surface area contributed by atoms with Crippen molar-refractivity contribution >= 4 is 11.4 Å². The van der Waals surface area contributed by atoms with Crippen LogP contribution in [0.3, 0.4) is 0 Å². The molecule has 7 heteroatoms. The second kappa shape index (κ2) is 4.94. The molecule has 19 heavy (non-hydrogen) atoms. The summed E-state index contributed by atoms with van der Waals surface area (Å²) in [4.78, 5) is 2.43. The van der Waals surface area contributed by atoms with Gasteiger partial charge in [0.25, 0.3) is 11.9 Å². The second-order valence-corrected chi connectivity index (χ2v) is 3.51. The molecule has 0 aliphatic rings. The first-order valence-electron chi connectivity index (χ1n) is 5.00. The van der Waals surface area contributed by atoms with E-state index in [1.807, 2.05) is 6.07 Å². The predicted octanol–water partition coefficient (Wildman–Crippen LogP) is 3.25. The molecule has 0 aliphatic carbocycles. The molecule has 0 unspecified atom stereocenters. The number of hydrogen-bond acceptors (Lipinski definition) is 3. The van der Waals surface area contributed by atoms with Gasteiger partial charge in [0.05, 0.1) is 11.6 Å². The van der Waals surface area contributed by atoms with Gasteiger partial charge < -0.3 is 5.32 Å². The zero-order valence-corrected chi connectivity index (χ0v) is 9.22. The molecule has 1 heterocycles. The number of pyridine rings is 1. The van der Waals surface area contributed by atoms with Gasteiger partial charge in [-0.1, -0.05) is 6.07 Å². The van der Waals surface area contributed by atoms with Crippen LogP contribution in [0.5, 0.6) is 0 Å². The van der Waals surface area contributed by atoms with Gasteiger partial charge in [-0.3, -0.25) is 0 Å². The Kier molecular flexibility index (Phi) is 3.33. The Labute approximate surface area is 105 Å². The molecule has 0 saturated heterocycles. The first-order chi connectivity index (χ1) is 9.02. The maximum atomic E-state index is 13.3. The summed E-state index contributed by atoms with van der Waals surface area (Å²) in [5, 5.41) is 10.8. The standard InChI is InChI=1S/C12H5F4N3/c13-8-10(9(14)12(16)19-11(8)15)18-7-3-1-2-6(4-7)5-17/h1-4H,(H,18,19). The second-order valence-electron chi connectivity index (χ2n) is 3.51. The molecule has 0 amide bonds. The lowest BCUT2D eigenvalue weighted by atomic mass is 10.2. The van der Waals surface area contributed by atoms with E-state index in [-0.39, 0.29) is 11.3 Å². The van der Waals surface area contributed by atoms with Crippen LogP contribution in [0, 0.1) is 34.9 Å². The van der Waals surface area contributed by atoms with Crippen LogP contribution in [0.4, 0.5) is 28.9 Å². The van der Waals surface area contributed by atoms with E-state index in [1.54, 1.807) is 0 Å². The highest BCUT2D eigenvalue weighted by atomic mass is 19.2. The van der Waals surface area contributed by atoms with Crippen LogP contribution >= 0.6 is 0 Å². The number of nitrogens with one attached hydrogen (secondary N) is 1. The summed E-state index contributed by atoms with van der Waals surface area (Å²) in [6, 6.07) is 7.39. The van der Waals surface area contributed by atoms with Gasteiger partial charge in [0.2, 0.25) is 11.6 Å². The third kappa shape index (κ3) is 2.47.